The molecule has 1 spiro atoms. The summed E-state index contributed by atoms with van der Waals surface area (Å²) < 4.78 is 0. The number of rotatable bonds is 1. The van der Waals surface area contributed by atoms with Crippen LogP contribution in [0.15, 0.2) is 18.2 Å². The summed E-state index contributed by atoms with van der Waals surface area (Å²) in [6, 6.07) is 6.68. The van der Waals surface area contributed by atoms with Crippen LogP contribution in [0.5, 0.6) is 5.75 Å². The van der Waals surface area contributed by atoms with Gasteiger partial charge in [-0.2, -0.15) is 0 Å². The minimum atomic E-state index is 0.515. The van der Waals surface area contributed by atoms with Crippen LogP contribution < -0.4 is 0 Å². The smallest absolute Gasteiger partial charge is 0.119 e. The van der Waals surface area contributed by atoms with E-state index in [4.69, 9.17) is 0 Å². The predicted molar refractivity (Wildman–Crippen MR) is 85.5 cm³/mol. The van der Waals surface area contributed by atoms with E-state index in [1.165, 1.54) is 75.6 Å². The minimum Gasteiger partial charge on any atom is -0.508 e. The number of likely N-dealkylation sites (tertiary alicyclic amines) is 1. The second-order valence-corrected chi connectivity index (χ2v) is 7.50. The van der Waals surface area contributed by atoms with Crippen molar-refractivity contribution in [2.45, 2.75) is 63.8 Å². The summed E-state index contributed by atoms with van der Waals surface area (Å²) in [7, 11) is 0. The van der Waals surface area contributed by atoms with Crippen LogP contribution in [0.4, 0.5) is 0 Å². The Bertz CT molecular complexity index is 508. The molecule has 1 aromatic rings. The summed E-state index contributed by atoms with van der Waals surface area (Å²) in [5.74, 6) is 0.515. The molecule has 2 heteroatoms. The van der Waals surface area contributed by atoms with E-state index in [-0.39, 0.29) is 0 Å². The van der Waals surface area contributed by atoms with Crippen molar-refractivity contribution in [3.8, 4) is 5.75 Å². The fourth-order valence-electron chi connectivity index (χ4n) is 5.12. The Balaban J connectivity index is 1.52. The zero-order chi connectivity index (χ0) is 14.3. The molecule has 0 bridgehead atoms. The van der Waals surface area contributed by atoms with Gasteiger partial charge in [0, 0.05) is 6.04 Å². The standard InChI is InChI=1S/C19H27NO/c21-18-8-4-5-15-16(18)6-3-7-17(15)20-13-11-19(12-14-20)9-1-2-10-19/h4-5,8,17,21H,1-3,6-7,9-14H2. The molecule has 0 amide bonds. The van der Waals surface area contributed by atoms with Crippen LogP contribution in [0.2, 0.25) is 0 Å². The summed E-state index contributed by atoms with van der Waals surface area (Å²) in [5.41, 5.74) is 3.32. The van der Waals surface area contributed by atoms with Crippen LogP contribution in [0, 0.1) is 5.41 Å². The Morgan fingerprint density at radius 1 is 1.00 bits per heavy atom. The number of hydrogen-bond donors (Lipinski definition) is 1. The molecule has 1 N–H and O–H groups in total. The van der Waals surface area contributed by atoms with E-state index in [0.29, 0.717) is 17.2 Å². The third kappa shape index (κ3) is 2.38. The highest BCUT2D eigenvalue weighted by Crippen LogP contribution is 2.48. The molecule has 0 radical (unpaired) electrons. The van der Waals surface area contributed by atoms with E-state index in [0.717, 1.165) is 6.42 Å². The molecular formula is C19H27NO. The fraction of sp³-hybridized carbons (Fsp3) is 0.684. The second-order valence-electron chi connectivity index (χ2n) is 7.50. The number of fused-ring (bicyclic) bond motifs is 1. The molecule has 1 aromatic carbocycles. The Kier molecular flexibility index (Phi) is 3.45. The number of phenolic OH excluding ortho intramolecular Hbond substituents is 1. The van der Waals surface area contributed by atoms with Gasteiger partial charge in [-0.1, -0.05) is 25.0 Å². The van der Waals surface area contributed by atoms with Crippen molar-refractivity contribution in [1.82, 2.24) is 4.90 Å². The van der Waals surface area contributed by atoms with Crippen LogP contribution in [0.1, 0.15) is 68.5 Å². The maximum absolute atomic E-state index is 10.1. The Labute approximate surface area is 128 Å². The van der Waals surface area contributed by atoms with Crippen molar-refractivity contribution in [1.29, 1.82) is 0 Å². The van der Waals surface area contributed by atoms with Gasteiger partial charge in [0.1, 0.15) is 5.75 Å². The average Bonchev–Trinajstić information content (AvgIpc) is 2.97. The van der Waals surface area contributed by atoms with Crippen molar-refractivity contribution in [2.75, 3.05) is 13.1 Å². The first kappa shape index (κ1) is 13.6. The number of nitrogens with zero attached hydrogens (tertiary/aromatic N) is 1. The highest BCUT2D eigenvalue weighted by Gasteiger charge is 2.39. The predicted octanol–water partition coefficient (Wildman–Crippen LogP) is 4.43. The van der Waals surface area contributed by atoms with E-state index in [2.05, 4.69) is 11.0 Å². The van der Waals surface area contributed by atoms with Gasteiger partial charge in [0.2, 0.25) is 0 Å². The number of piperidine rings is 1. The van der Waals surface area contributed by atoms with Crippen molar-refractivity contribution in [3.63, 3.8) is 0 Å². The first-order valence-corrected chi connectivity index (χ1v) is 8.82. The van der Waals surface area contributed by atoms with Gasteiger partial charge < -0.3 is 5.11 Å². The molecule has 114 valence electrons. The van der Waals surface area contributed by atoms with Crippen molar-refractivity contribution in [3.05, 3.63) is 29.3 Å². The summed E-state index contributed by atoms with van der Waals surface area (Å²) in [6.45, 7) is 2.53. The maximum atomic E-state index is 10.1. The highest BCUT2D eigenvalue weighted by atomic mass is 16.3. The largest absolute Gasteiger partial charge is 0.508 e. The van der Waals surface area contributed by atoms with Crippen molar-refractivity contribution >= 4 is 0 Å². The molecule has 2 fully saturated rings. The molecule has 1 heterocycles. The maximum Gasteiger partial charge on any atom is 0.119 e. The number of aromatic hydroxyl groups is 1. The summed E-state index contributed by atoms with van der Waals surface area (Å²) in [6.07, 6.45) is 12.2. The molecule has 0 aromatic heterocycles. The highest BCUT2D eigenvalue weighted by molar-refractivity contribution is 5.42. The Hall–Kier alpha value is -1.02. The van der Waals surface area contributed by atoms with Crippen LogP contribution in [-0.2, 0) is 6.42 Å². The molecule has 3 aliphatic rings. The third-order valence-corrected chi connectivity index (χ3v) is 6.41. The average molecular weight is 285 g/mol. The van der Waals surface area contributed by atoms with Gasteiger partial charge in [0.05, 0.1) is 0 Å². The number of phenols is 1. The molecule has 21 heavy (non-hydrogen) atoms. The normalized spacial score (nSPS) is 28.7. The lowest BCUT2D eigenvalue weighted by Gasteiger charge is -2.44. The van der Waals surface area contributed by atoms with Gasteiger partial charge in [-0.15, -0.1) is 0 Å². The van der Waals surface area contributed by atoms with Gasteiger partial charge in [-0.25, -0.2) is 0 Å². The topological polar surface area (TPSA) is 23.5 Å². The van der Waals surface area contributed by atoms with Crippen LogP contribution in [-0.4, -0.2) is 23.1 Å². The molecule has 1 atom stereocenters. The molecule has 2 aliphatic carbocycles. The SMILES string of the molecule is Oc1cccc2c1CCCC2N1CCC2(CCCC2)CC1. The van der Waals surface area contributed by atoms with Gasteiger partial charge in [0.25, 0.3) is 0 Å². The third-order valence-electron chi connectivity index (χ3n) is 6.41. The number of hydrogen-bond acceptors (Lipinski definition) is 2. The van der Waals surface area contributed by atoms with Crippen LogP contribution in [0.3, 0.4) is 0 Å². The zero-order valence-electron chi connectivity index (χ0n) is 13.0. The second kappa shape index (κ2) is 5.31. The summed E-state index contributed by atoms with van der Waals surface area (Å²) in [5, 5.41) is 10.1. The van der Waals surface area contributed by atoms with Crippen LogP contribution >= 0.6 is 0 Å². The summed E-state index contributed by atoms with van der Waals surface area (Å²) >= 11 is 0. The van der Waals surface area contributed by atoms with Crippen molar-refractivity contribution < 1.29 is 5.11 Å². The molecular weight excluding hydrogens is 258 g/mol. The molecule has 2 nitrogen and oxygen atoms in total. The van der Waals surface area contributed by atoms with E-state index >= 15 is 0 Å². The molecule has 1 saturated carbocycles. The molecule has 1 unspecified atom stereocenters. The monoisotopic (exact) mass is 285 g/mol. The lowest BCUT2D eigenvalue weighted by molar-refractivity contribution is 0.0688. The zero-order valence-corrected chi connectivity index (χ0v) is 13.0. The Morgan fingerprint density at radius 2 is 1.76 bits per heavy atom. The van der Waals surface area contributed by atoms with E-state index < -0.39 is 0 Å². The quantitative estimate of drug-likeness (QED) is 0.825. The lowest BCUT2D eigenvalue weighted by atomic mass is 9.76. The van der Waals surface area contributed by atoms with E-state index in [1.807, 2.05) is 12.1 Å². The van der Waals surface area contributed by atoms with Gasteiger partial charge >= 0.3 is 0 Å². The molecule has 4 rings (SSSR count). The Morgan fingerprint density at radius 3 is 2.52 bits per heavy atom. The van der Waals surface area contributed by atoms with Crippen LogP contribution in [0.25, 0.3) is 0 Å². The molecule has 1 aliphatic heterocycles. The van der Waals surface area contributed by atoms with Crippen molar-refractivity contribution in [2.24, 2.45) is 5.41 Å². The van der Waals surface area contributed by atoms with E-state index in [1.54, 1.807) is 0 Å². The number of benzene rings is 1. The first-order valence-electron chi connectivity index (χ1n) is 8.82. The van der Waals surface area contributed by atoms with Gasteiger partial charge in [-0.05, 0) is 80.6 Å². The molecule has 1 saturated heterocycles. The fourth-order valence-corrected chi connectivity index (χ4v) is 5.12. The minimum absolute atomic E-state index is 0.515. The summed E-state index contributed by atoms with van der Waals surface area (Å²) in [4.78, 5) is 2.71. The van der Waals surface area contributed by atoms with Gasteiger partial charge in [-0.3, -0.25) is 4.90 Å². The lowest BCUT2D eigenvalue weighted by Crippen LogP contribution is -2.41. The first-order chi connectivity index (χ1) is 10.3. The van der Waals surface area contributed by atoms with E-state index in [9.17, 15) is 5.11 Å². The van der Waals surface area contributed by atoms with Gasteiger partial charge in [0.15, 0.2) is 0 Å².